The molecule has 2 aromatic carbocycles. The minimum atomic E-state index is -0.294. The number of aromatic nitrogens is 1. The molecule has 1 atom stereocenters. The molecule has 0 unspecified atom stereocenters. The van der Waals surface area contributed by atoms with Gasteiger partial charge in [-0.15, -0.1) is 0 Å². The van der Waals surface area contributed by atoms with Gasteiger partial charge in [-0.2, -0.15) is 0 Å². The summed E-state index contributed by atoms with van der Waals surface area (Å²) < 4.78 is 13.0. The second-order valence-corrected chi connectivity index (χ2v) is 5.58. The van der Waals surface area contributed by atoms with Crippen LogP contribution in [0.1, 0.15) is 28.9 Å². The molecule has 0 spiro atoms. The van der Waals surface area contributed by atoms with Gasteiger partial charge in [-0.3, -0.25) is 9.78 Å². The quantitative estimate of drug-likeness (QED) is 0.775. The summed E-state index contributed by atoms with van der Waals surface area (Å²) in [6, 6.07) is 17.5. The van der Waals surface area contributed by atoms with Gasteiger partial charge in [0.1, 0.15) is 5.82 Å². The fourth-order valence-electron chi connectivity index (χ4n) is 2.47. The molecule has 0 fully saturated rings. The molecule has 0 aliphatic carbocycles. The molecule has 1 heterocycles. The summed E-state index contributed by atoms with van der Waals surface area (Å²) in [4.78, 5) is 16.6. The minimum absolute atomic E-state index is 0.104. The number of pyridine rings is 1. The van der Waals surface area contributed by atoms with Crippen molar-refractivity contribution < 1.29 is 9.18 Å². The van der Waals surface area contributed by atoms with Gasteiger partial charge in [0.15, 0.2) is 0 Å². The molecule has 3 aromatic rings. The van der Waals surface area contributed by atoms with E-state index in [0.717, 1.165) is 16.7 Å². The van der Waals surface area contributed by atoms with Gasteiger partial charge in [0.25, 0.3) is 5.91 Å². The molecule has 3 rings (SSSR count). The fourth-order valence-corrected chi connectivity index (χ4v) is 2.47. The number of benzene rings is 2. The lowest BCUT2D eigenvalue weighted by Crippen LogP contribution is -2.26. The first kappa shape index (κ1) is 15.9. The van der Waals surface area contributed by atoms with Crippen molar-refractivity contribution in [3.63, 3.8) is 0 Å². The van der Waals surface area contributed by atoms with E-state index in [1.807, 2.05) is 37.3 Å². The third-order valence-corrected chi connectivity index (χ3v) is 3.83. The van der Waals surface area contributed by atoms with Gasteiger partial charge in [-0.1, -0.05) is 42.5 Å². The summed E-state index contributed by atoms with van der Waals surface area (Å²) in [7, 11) is 0. The molecule has 0 saturated carbocycles. The number of nitrogens with one attached hydrogen (secondary N) is 1. The summed E-state index contributed by atoms with van der Waals surface area (Å²) in [6.45, 7) is 1.94. The zero-order valence-electron chi connectivity index (χ0n) is 13.2. The number of hydrogen-bond acceptors (Lipinski definition) is 2. The van der Waals surface area contributed by atoms with E-state index in [0.29, 0.717) is 5.56 Å². The molecule has 1 N–H and O–H groups in total. The van der Waals surface area contributed by atoms with Gasteiger partial charge < -0.3 is 5.32 Å². The first-order valence-corrected chi connectivity index (χ1v) is 7.70. The monoisotopic (exact) mass is 320 g/mol. The van der Waals surface area contributed by atoms with Crippen LogP contribution in [0.15, 0.2) is 73.1 Å². The Morgan fingerprint density at radius 3 is 2.42 bits per heavy atom. The molecular formula is C20H17FN2O. The van der Waals surface area contributed by atoms with Crippen LogP contribution in [0.2, 0.25) is 0 Å². The maximum absolute atomic E-state index is 13.0. The van der Waals surface area contributed by atoms with E-state index in [4.69, 9.17) is 0 Å². The lowest BCUT2D eigenvalue weighted by atomic mass is 10.0. The van der Waals surface area contributed by atoms with Crippen LogP contribution >= 0.6 is 0 Å². The van der Waals surface area contributed by atoms with Gasteiger partial charge in [0, 0.05) is 18.0 Å². The predicted molar refractivity (Wildman–Crippen MR) is 92.0 cm³/mol. The van der Waals surface area contributed by atoms with E-state index < -0.39 is 0 Å². The number of rotatable bonds is 4. The zero-order chi connectivity index (χ0) is 16.9. The van der Waals surface area contributed by atoms with Crippen molar-refractivity contribution in [1.29, 1.82) is 0 Å². The first-order chi connectivity index (χ1) is 11.6. The first-order valence-electron chi connectivity index (χ1n) is 7.70. The Hall–Kier alpha value is -3.01. The average molecular weight is 320 g/mol. The fraction of sp³-hybridized carbons (Fsp3) is 0.100. The van der Waals surface area contributed by atoms with Gasteiger partial charge >= 0.3 is 0 Å². The summed E-state index contributed by atoms with van der Waals surface area (Å²) in [5, 5.41) is 2.96. The standard InChI is InChI=1S/C20H17FN2O/c1-14(15-5-3-2-4-6-15)23-20(24)18-11-17(12-22-13-18)16-7-9-19(21)10-8-16/h2-14H,1H3,(H,23,24)/t14-/m0/s1. The van der Waals surface area contributed by atoms with Gasteiger partial charge in [-0.25, -0.2) is 4.39 Å². The molecule has 0 saturated heterocycles. The second kappa shape index (κ2) is 7.04. The van der Waals surface area contributed by atoms with Gasteiger partial charge in [0.2, 0.25) is 0 Å². The van der Waals surface area contributed by atoms with Crippen LogP contribution in [0.3, 0.4) is 0 Å². The summed E-state index contributed by atoms with van der Waals surface area (Å²) in [5.74, 6) is -0.486. The number of amides is 1. The Labute approximate surface area is 140 Å². The molecule has 0 radical (unpaired) electrons. The highest BCUT2D eigenvalue weighted by atomic mass is 19.1. The van der Waals surface area contributed by atoms with Gasteiger partial charge in [0.05, 0.1) is 11.6 Å². The van der Waals surface area contributed by atoms with Crippen LogP contribution in [-0.2, 0) is 0 Å². The average Bonchev–Trinajstić information content (AvgIpc) is 2.63. The van der Waals surface area contributed by atoms with Crippen LogP contribution in [-0.4, -0.2) is 10.9 Å². The smallest absolute Gasteiger partial charge is 0.253 e. The zero-order valence-corrected chi connectivity index (χ0v) is 13.2. The molecule has 1 aromatic heterocycles. The van der Waals surface area contributed by atoms with Crippen molar-refractivity contribution in [3.05, 3.63) is 90.0 Å². The number of nitrogens with zero attached hydrogens (tertiary/aromatic N) is 1. The van der Waals surface area contributed by atoms with Crippen LogP contribution in [0, 0.1) is 5.82 Å². The number of carbonyl (C=O) groups excluding carboxylic acids is 1. The third-order valence-electron chi connectivity index (χ3n) is 3.83. The second-order valence-electron chi connectivity index (χ2n) is 5.58. The molecule has 24 heavy (non-hydrogen) atoms. The molecule has 4 heteroatoms. The third kappa shape index (κ3) is 3.66. The van der Waals surface area contributed by atoms with Crippen molar-refractivity contribution in [1.82, 2.24) is 10.3 Å². The van der Waals surface area contributed by atoms with Crippen molar-refractivity contribution in [3.8, 4) is 11.1 Å². The Balaban J connectivity index is 1.78. The Morgan fingerprint density at radius 1 is 1.00 bits per heavy atom. The lowest BCUT2D eigenvalue weighted by molar-refractivity contribution is 0.0939. The van der Waals surface area contributed by atoms with Crippen LogP contribution in [0.4, 0.5) is 4.39 Å². The number of hydrogen-bond donors (Lipinski definition) is 1. The van der Waals surface area contributed by atoms with Crippen molar-refractivity contribution >= 4 is 5.91 Å². The van der Waals surface area contributed by atoms with E-state index in [9.17, 15) is 9.18 Å². The Morgan fingerprint density at radius 2 is 1.71 bits per heavy atom. The lowest BCUT2D eigenvalue weighted by Gasteiger charge is -2.14. The maximum Gasteiger partial charge on any atom is 0.253 e. The van der Waals surface area contributed by atoms with Crippen LogP contribution in [0.5, 0.6) is 0 Å². The Kier molecular flexibility index (Phi) is 4.66. The van der Waals surface area contributed by atoms with E-state index in [2.05, 4.69) is 10.3 Å². The van der Waals surface area contributed by atoms with Crippen LogP contribution < -0.4 is 5.32 Å². The van der Waals surface area contributed by atoms with E-state index in [-0.39, 0.29) is 17.8 Å². The molecule has 0 bridgehead atoms. The highest BCUT2D eigenvalue weighted by molar-refractivity contribution is 5.95. The molecule has 0 aliphatic heterocycles. The van der Waals surface area contributed by atoms with E-state index in [1.165, 1.54) is 18.3 Å². The summed E-state index contributed by atoms with van der Waals surface area (Å²) >= 11 is 0. The summed E-state index contributed by atoms with van der Waals surface area (Å²) in [5.41, 5.74) is 3.10. The highest BCUT2D eigenvalue weighted by Gasteiger charge is 2.12. The largest absolute Gasteiger partial charge is 0.345 e. The molecule has 120 valence electrons. The highest BCUT2D eigenvalue weighted by Crippen LogP contribution is 2.20. The SMILES string of the molecule is C[C@H](NC(=O)c1cncc(-c2ccc(F)cc2)c1)c1ccccc1. The van der Waals surface area contributed by atoms with E-state index in [1.54, 1.807) is 24.4 Å². The Bertz CT molecular complexity index is 832. The predicted octanol–water partition coefficient (Wildman–Crippen LogP) is 4.38. The topological polar surface area (TPSA) is 42.0 Å². The van der Waals surface area contributed by atoms with Crippen molar-refractivity contribution in [2.45, 2.75) is 13.0 Å². The van der Waals surface area contributed by atoms with Gasteiger partial charge in [-0.05, 0) is 36.2 Å². The van der Waals surface area contributed by atoms with E-state index >= 15 is 0 Å². The molecule has 3 nitrogen and oxygen atoms in total. The number of halogens is 1. The normalized spacial score (nSPS) is 11.8. The number of carbonyl (C=O) groups is 1. The van der Waals surface area contributed by atoms with Crippen molar-refractivity contribution in [2.75, 3.05) is 0 Å². The molecular weight excluding hydrogens is 303 g/mol. The molecule has 1 amide bonds. The minimum Gasteiger partial charge on any atom is -0.345 e. The van der Waals surface area contributed by atoms with Crippen molar-refractivity contribution in [2.24, 2.45) is 0 Å². The molecule has 0 aliphatic rings. The maximum atomic E-state index is 13.0. The summed E-state index contributed by atoms with van der Waals surface area (Å²) in [6.07, 6.45) is 3.19. The van der Waals surface area contributed by atoms with Crippen LogP contribution in [0.25, 0.3) is 11.1 Å².